The predicted molar refractivity (Wildman–Crippen MR) is 120 cm³/mol. The minimum Gasteiger partial charge on any atom is -0.444 e. The smallest absolute Gasteiger partial charge is 0.410 e. The van der Waals surface area contributed by atoms with E-state index in [4.69, 9.17) is 9.47 Å². The van der Waals surface area contributed by atoms with E-state index >= 15 is 0 Å². The number of hydrogen-bond donors (Lipinski definition) is 1. The van der Waals surface area contributed by atoms with Gasteiger partial charge in [0.05, 0.1) is 19.3 Å². The number of aryl methyl sites for hydroxylation is 1. The lowest BCUT2D eigenvalue weighted by molar-refractivity contribution is -0.127. The van der Waals surface area contributed by atoms with E-state index in [1.807, 2.05) is 20.8 Å². The second-order valence-electron chi connectivity index (χ2n) is 9.63. The summed E-state index contributed by atoms with van der Waals surface area (Å²) in [4.78, 5) is 29.5. The summed E-state index contributed by atoms with van der Waals surface area (Å²) < 4.78 is 10.9. The molecule has 31 heavy (non-hydrogen) atoms. The van der Waals surface area contributed by atoms with Crippen molar-refractivity contribution in [2.24, 2.45) is 5.92 Å². The summed E-state index contributed by atoms with van der Waals surface area (Å²) in [5.74, 6) is -0.0148. The molecule has 172 valence electrons. The first-order valence-electron chi connectivity index (χ1n) is 11.4. The molecule has 0 bridgehead atoms. The van der Waals surface area contributed by atoms with Gasteiger partial charge < -0.3 is 19.7 Å². The average Bonchev–Trinajstić information content (AvgIpc) is 2.73. The van der Waals surface area contributed by atoms with Crippen LogP contribution in [-0.4, -0.2) is 73.3 Å². The van der Waals surface area contributed by atoms with Gasteiger partial charge in [0.25, 0.3) is 0 Å². The molecule has 1 aromatic carbocycles. The van der Waals surface area contributed by atoms with Crippen molar-refractivity contribution in [2.75, 3.05) is 45.9 Å². The molecular formula is C24H37N3O4. The van der Waals surface area contributed by atoms with Crippen molar-refractivity contribution in [1.82, 2.24) is 15.1 Å². The number of nitrogens with one attached hydrogen (secondary N) is 1. The first-order chi connectivity index (χ1) is 14.7. The number of carbonyl (C=O) groups is 2. The van der Waals surface area contributed by atoms with Crippen molar-refractivity contribution in [3.63, 3.8) is 0 Å². The molecule has 0 aromatic heterocycles. The van der Waals surface area contributed by atoms with Crippen LogP contribution < -0.4 is 5.32 Å². The maximum atomic E-state index is 13.1. The van der Waals surface area contributed by atoms with Crippen LogP contribution in [0.4, 0.5) is 4.79 Å². The van der Waals surface area contributed by atoms with Gasteiger partial charge in [0.2, 0.25) is 5.91 Å². The highest BCUT2D eigenvalue weighted by Crippen LogP contribution is 2.22. The topological polar surface area (TPSA) is 71.1 Å². The molecule has 2 heterocycles. The molecule has 2 amide bonds. The number of morpholine rings is 1. The van der Waals surface area contributed by atoms with Crippen LogP contribution in [0.15, 0.2) is 24.3 Å². The second kappa shape index (κ2) is 10.5. The zero-order valence-corrected chi connectivity index (χ0v) is 19.4. The SMILES string of the molecule is Cc1ccc([C@H](CN2CCOCC2)NC(=O)C2CCN(C(=O)OC(C)(C)C)CC2)cc1. The lowest BCUT2D eigenvalue weighted by Gasteiger charge is -2.34. The Morgan fingerprint density at radius 1 is 1.10 bits per heavy atom. The van der Waals surface area contributed by atoms with Crippen LogP contribution in [0.3, 0.4) is 0 Å². The Hall–Kier alpha value is -2.12. The van der Waals surface area contributed by atoms with Crippen molar-refractivity contribution in [3.8, 4) is 0 Å². The van der Waals surface area contributed by atoms with E-state index in [2.05, 4.69) is 41.4 Å². The largest absolute Gasteiger partial charge is 0.444 e. The molecule has 0 saturated carbocycles. The highest BCUT2D eigenvalue weighted by Gasteiger charge is 2.31. The van der Waals surface area contributed by atoms with Gasteiger partial charge in [-0.15, -0.1) is 0 Å². The molecule has 0 aliphatic carbocycles. The molecule has 2 fully saturated rings. The highest BCUT2D eigenvalue weighted by atomic mass is 16.6. The van der Waals surface area contributed by atoms with E-state index < -0.39 is 5.60 Å². The van der Waals surface area contributed by atoms with Gasteiger partial charge in [-0.1, -0.05) is 29.8 Å². The number of benzene rings is 1. The van der Waals surface area contributed by atoms with Gasteiger partial charge in [-0.25, -0.2) is 4.79 Å². The van der Waals surface area contributed by atoms with E-state index in [0.717, 1.165) is 38.4 Å². The third kappa shape index (κ3) is 7.21. The summed E-state index contributed by atoms with van der Waals surface area (Å²) in [5.41, 5.74) is 1.82. The Bertz CT molecular complexity index is 730. The number of amides is 2. The molecule has 7 nitrogen and oxygen atoms in total. The number of piperidine rings is 1. The molecule has 2 aliphatic heterocycles. The zero-order valence-electron chi connectivity index (χ0n) is 19.4. The van der Waals surface area contributed by atoms with Crippen molar-refractivity contribution in [2.45, 2.75) is 52.2 Å². The maximum absolute atomic E-state index is 13.1. The predicted octanol–water partition coefficient (Wildman–Crippen LogP) is 3.13. The van der Waals surface area contributed by atoms with E-state index in [-0.39, 0.29) is 24.0 Å². The van der Waals surface area contributed by atoms with Gasteiger partial charge in [0, 0.05) is 38.6 Å². The van der Waals surface area contributed by atoms with E-state index in [1.54, 1.807) is 4.90 Å². The van der Waals surface area contributed by atoms with Crippen LogP contribution in [0.2, 0.25) is 0 Å². The Balaban J connectivity index is 1.58. The van der Waals surface area contributed by atoms with Crippen LogP contribution in [0.5, 0.6) is 0 Å². The van der Waals surface area contributed by atoms with Crippen LogP contribution in [0, 0.1) is 12.8 Å². The van der Waals surface area contributed by atoms with Gasteiger partial charge >= 0.3 is 6.09 Å². The molecular weight excluding hydrogens is 394 g/mol. The summed E-state index contributed by atoms with van der Waals surface area (Å²) in [6, 6.07) is 8.33. The Kier molecular flexibility index (Phi) is 7.94. The Morgan fingerprint density at radius 2 is 1.71 bits per heavy atom. The van der Waals surface area contributed by atoms with Crippen molar-refractivity contribution < 1.29 is 19.1 Å². The van der Waals surface area contributed by atoms with Gasteiger partial charge in [0.15, 0.2) is 0 Å². The average molecular weight is 432 g/mol. The zero-order chi connectivity index (χ0) is 22.4. The molecule has 1 N–H and O–H groups in total. The Morgan fingerprint density at radius 3 is 2.29 bits per heavy atom. The molecule has 0 spiro atoms. The molecule has 0 unspecified atom stereocenters. The van der Waals surface area contributed by atoms with Crippen molar-refractivity contribution in [3.05, 3.63) is 35.4 Å². The number of hydrogen-bond acceptors (Lipinski definition) is 5. The summed E-state index contributed by atoms with van der Waals surface area (Å²) in [6.45, 7) is 12.8. The van der Waals surface area contributed by atoms with E-state index in [9.17, 15) is 9.59 Å². The first kappa shape index (κ1) is 23.5. The molecule has 7 heteroatoms. The van der Waals surface area contributed by atoms with Crippen molar-refractivity contribution >= 4 is 12.0 Å². The summed E-state index contributed by atoms with van der Waals surface area (Å²) in [5, 5.41) is 3.30. The molecule has 3 rings (SSSR count). The molecule has 1 aromatic rings. The normalized spacial score (nSPS) is 19.7. The summed E-state index contributed by atoms with van der Waals surface area (Å²) in [6.07, 6.45) is 1.02. The van der Waals surface area contributed by atoms with Crippen LogP contribution >= 0.6 is 0 Å². The number of nitrogens with zero attached hydrogens (tertiary/aromatic N) is 2. The number of likely N-dealkylation sites (tertiary alicyclic amines) is 1. The fourth-order valence-electron chi connectivity index (χ4n) is 4.02. The highest BCUT2D eigenvalue weighted by molar-refractivity contribution is 5.79. The van der Waals surface area contributed by atoms with Crippen LogP contribution in [0.1, 0.15) is 50.8 Å². The van der Waals surface area contributed by atoms with Gasteiger partial charge in [0.1, 0.15) is 5.60 Å². The minimum atomic E-state index is -0.508. The molecule has 1 atom stereocenters. The first-order valence-corrected chi connectivity index (χ1v) is 11.4. The second-order valence-corrected chi connectivity index (χ2v) is 9.63. The monoisotopic (exact) mass is 431 g/mol. The van der Waals surface area contributed by atoms with Gasteiger partial charge in [-0.3, -0.25) is 9.69 Å². The Labute approximate surface area is 186 Å². The third-order valence-electron chi connectivity index (χ3n) is 5.86. The summed E-state index contributed by atoms with van der Waals surface area (Å²) in [7, 11) is 0. The standard InChI is InChI=1S/C24H37N3O4/c1-18-5-7-19(8-6-18)21(17-26-13-15-30-16-14-26)25-22(28)20-9-11-27(12-10-20)23(29)31-24(2,3)4/h5-8,20-21H,9-17H2,1-4H3,(H,25,28)/t21-/m0/s1. The van der Waals surface area contributed by atoms with Crippen molar-refractivity contribution in [1.29, 1.82) is 0 Å². The van der Waals surface area contributed by atoms with Gasteiger partial charge in [-0.2, -0.15) is 0 Å². The molecule has 2 aliphatic rings. The molecule has 2 saturated heterocycles. The number of carbonyl (C=O) groups excluding carboxylic acids is 2. The number of rotatable bonds is 5. The van der Waals surface area contributed by atoms with Crippen LogP contribution in [-0.2, 0) is 14.3 Å². The van der Waals surface area contributed by atoms with E-state index in [1.165, 1.54) is 5.56 Å². The van der Waals surface area contributed by atoms with Crippen LogP contribution in [0.25, 0.3) is 0 Å². The minimum absolute atomic E-state index is 0.0601. The fraction of sp³-hybridized carbons (Fsp3) is 0.667. The molecule has 0 radical (unpaired) electrons. The van der Waals surface area contributed by atoms with Gasteiger partial charge in [-0.05, 0) is 46.1 Å². The summed E-state index contributed by atoms with van der Waals surface area (Å²) >= 11 is 0. The maximum Gasteiger partial charge on any atom is 0.410 e. The lowest BCUT2D eigenvalue weighted by Crippen LogP contribution is -2.47. The van der Waals surface area contributed by atoms with E-state index in [0.29, 0.717) is 25.9 Å². The lowest BCUT2D eigenvalue weighted by atomic mass is 9.95. The number of ether oxygens (including phenoxy) is 2. The quantitative estimate of drug-likeness (QED) is 0.776. The fourth-order valence-corrected chi connectivity index (χ4v) is 4.02. The third-order valence-corrected chi connectivity index (χ3v) is 5.86.